The van der Waals surface area contributed by atoms with Crippen molar-refractivity contribution in [3.63, 3.8) is 0 Å². The van der Waals surface area contributed by atoms with Crippen LogP contribution >= 0.6 is 48.9 Å². The molecule has 13 heteroatoms. The standard InChI is InChI=1S/4C5H11NS2.Se/c4*1-3-6(4-2)5(7)8;/h4*3-4H2,1-2H3,(H,7,8);/q;;;;+4/p-4. The van der Waals surface area contributed by atoms with E-state index in [0.29, 0.717) is 17.3 Å². The molecule has 0 aliphatic heterocycles. The maximum atomic E-state index is 4.76. The van der Waals surface area contributed by atoms with Gasteiger partial charge in [-0.05, 0) is 55.4 Å². The van der Waals surface area contributed by atoms with Crippen molar-refractivity contribution in [2.24, 2.45) is 0 Å². The summed E-state index contributed by atoms with van der Waals surface area (Å²) in [5.41, 5.74) is 0. The topological polar surface area (TPSA) is 13.0 Å². The van der Waals surface area contributed by atoms with Crippen molar-refractivity contribution in [1.29, 1.82) is 0 Å². The van der Waals surface area contributed by atoms with Crippen LogP contribution in [0.4, 0.5) is 0 Å². The molecule has 0 aromatic heterocycles. The van der Waals surface area contributed by atoms with Crippen LogP contribution in [0, 0.1) is 0 Å². The predicted octanol–water partition coefficient (Wildman–Crippen LogP) is 4.26. The zero-order valence-corrected chi connectivity index (χ0v) is 29.4. The van der Waals surface area contributed by atoms with Crippen LogP contribution in [0.1, 0.15) is 55.4 Å². The maximum Gasteiger partial charge on any atom is 4.00 e. The zero-order chi connectivity index (χ0) is 26.3. The third kappa shape index (κ3) is 29.1. The predicted molar refractivity (Wildman–Crippen MR) is 177 cm³/mol. The Morgan fingerprint density at radius 1 is 0.394 bits per heavy atom. The van der Waals surface area contributed by atoms with Crippen LogP contribution in [0.3, 0.4) is 0 Å². The minimum atomic E-state index is 0. The quantitative estimate of drug-likeness (QED) is 0.208. The molecular formula is C20H40N4S8Se. The molecule has 33 heavy (non-hydrogen) atoms. The summed E-state index contributed by atoms with van der Waals surface area (Å²) in [6.45, 7) is 23.8. The average Bonchev–Trinajstić information content (AvgIpc) is 2.72. The maximum absolute atomic E-state index is 4.76. The van der Waals surface area contributed by atoms with E-state index in [9.17, 15) is 0 Å². The largest absolute Gasteiger partial charge is 4.00 e. The second kappa shape index (κ2) is 31.0. The summed E-state index contributed by atoms with van der Waals surface area (Å²) in [5, 5.41) is 0. The van der Waals surface area contributed by atoms with Gasteiger partial charge in [0.1, 0.15) is 0 Å². The monoisotopic (exact) mass is 672 g/mol. The van der Waals surface area contributed by atoms with Gasteiger partial charge in [0.05, 0.1) is 0 Å². The van der Waals surface area contributed by atoms with Crippen molar-refractivity contribution in [1.82, 2.24) is 19.6 Å². The molecule has 0 aliphatic rings. The second-order valence-corrected chi connectivity index (χ2v) is 9.88. The van der Waals surface area contributed by atoms with E-state index in [-0.39, 0.29) is 17.1 Å². The van der Waals surface area contributed by atoms with Crippen LogP contribution in [0.15, 0.2) is 0 Å². The molecule has 0 fully saturated rings. The normalized spacial score (nSPS) is 8.48. The van der Waals surface area contributed by atoms with Crippen molar-refractivity contribution in [3.05, 3.63) is 0 Å². The smallest absolute Gasteiger partial charge is 0.411 e. The van der Waals surface area contributed by atoms with Gasteiger partial charge in [0.2, 0.25) is 0 Å². The van der Waals surface area contributed by atoms with Crippen LogP contribution in [-0.4, -0.2) is 106 Å². The van der Waals surface area contributed by atoms with Crippen molar-refractivity contribution in [2.75, 3.05) is 52.4 Å². The molecule has 0 saturated heterocycles. The van der Waals surface area contributed by atoms with E-state index in [4.69, 9.17) is 99.4 Å². The van der Waals surface area contributed by atoms with Crippen molar-refractivity contribution < 1.29 is 0 Å². The summed E-state index contributed by atoms with van der Waals surface area (Å²) in [5.74, 6) is 0. The van der Waals surface area contributed by atoms with Crippen LogP contribution in [0.2, 0.25) is 0 Å². The van der Waals surface area contributed by atoms with Gasteiger partial charge in [0, 0.05) is 52.4 Å². The Labute approximate surface area is 258 Å². The van der Waals surface area contributed by atoms with Gasteiger partial charge in [-0.1, -0.05) is 17.3 Å². The van der Waals surface area contributed by atoms with Crippen molar-refractivity contribution in [2.45, 2.75) is 55.4 Å². The molecule has 0 heterocycles. The first-order valence-electron chi connectivity index (χ1n) is 10.7. The number of nitrogens with zero attached hydrogens (tertiary/aromatic N) is 4. The first-order chi connectivity index (χ1) is 14.9. The molecule has 0 aliphatic carbocycles. The number of thiocarbonyl (C=S) groups is 4. The summed E-state index contributed by atoms with van der Waals surface area (Å²) in [4.78, 5) is 7.85. The first-order valence-corrected chi connectivity index (χ1v) is 14.0. The van der Waals surface area contributed by atoms with Crippen molar-refractivity contribution in [3.8, 4) is 0 Å². The van der Waals surface area contributed by atoms with E-state index in [1.165, 1.54) is 0 Å². The zero-order valence-electron chi connectivity index (χ0n) is 21.1. The van der Waals surface area contributed by atoms with Crippen LogP contribution in [-0.2, 0) is 50.5 Å². The average molecular weight is 672 g/mol. The van der Waals surface area contributed by atoms with Crippen LogP contribution < -0.4 is 0 Å². The number of hydrogen-bond donors (Lipinski definition) is 0. The number of hydrogen-bond acceptors (Lipinski definition) is 8. The fourth-order valence-electron chi connectivity index (χ4n) is 1.93. The summed E-state index contributed by atoms with van der Waals surface area (Å²) in [6, 6.07) is 0. The molecule has 0 amide bonds. The third-order valence-corrected chi connectivity index (χ3v) is 6.15. The molecule has 0 N–H and O–H groups in total. The Kier molecular flexibility index (Phi) is 41.3. The molecular weight excluding hydrogens is 632 g/mol. The van der Waals surface area contributed by atoms with E-state index in [0.717, 1.165) is 52.4 Å². The minimum Gasteiger partial charge on any atom is -0.411 e. The Morgan fingerprint density at radius 3 is 0.485 bits per heavy atom. The molecule has 0 unspecified atom stereocenters. The Bertz CT molecular complexity index is 408. The SMILES string of the molecule is CCN(CC)C(=S)[S-].CCN(CC)C(=S)[S-].CCN(CC)C(=S)[S-].CCN(CC)C(=S)[S-].[Se+4]. The van der Waals surface area contributed by atoms with Gasteiger partial charge in [-0.15, -0.1) is 0 Å². The Balaban J connectivity index is -0.000000105. The molecule has 194 valence electrons. The molecule has 4 nitrogen and oxygen atoms in total. The van der Waals surface area contributed by atoms with Gasteiger partial charge < -0.3 is 119 Å². The van der Waals surface area contributed by atoms with Crippen LogP contribution in [0.5, 0.6) is 0 Å². The van der Waals surface area contributed by atoms with E-state index in [1.807, 2.05) is 75.0 Å². The summed E-state index contributed by atoms with van der Waals surface area (Å²) in [7, 11) is 0. The minimum absolute atomic E-state index is 0. The van der Waals surface area contributed by atoms with Gasteiger partial charge in [-0.2, -0.15) is 0 Å². The number of rotatable bonds is 8. The summed E-state index contributed by atoms with van der Waals surface area (Å²) >= 11 is 38.0. The molecule has 0 rings (SSSR count). The molecule has 2 radical (unpaired) electrons. The van der Waals surface area contributed by atoms with Gasteiger partial charge in [0.15, 0.2) is 0 Å². The second-order valence-electron chi connectivity index (χ2n) is 5.75. The molecule has 0 spiro atoms. The summed E-state index contributed by atoms with van der Waals surface area (Å²) in [6.07, 6.45) is 0. The Hall–Kier alpha value is 0.959. The van der Waals surface area contributed by atoms with Gasteiger partial charge in [0.25, 0.3) is 0 Å². The fourth-order valence-corrected chi connectivity index (χ4v) is 3.99. The third-order valence-electron chi connectivity index (χ3n) is 4.09. The summed E-state index contributed by atoms with van der Waals surface area (Å²) < 4.78 is 2.31. The van der Waals surface area contributed by atoms with Gasteiger partial charge in [-0.3, -0.25) is 0 Å². The molecule has 0 bridgehead atoms. The fraction of sp³-hybridized carbons (Fsp3) is 0.800. The molecule has 0 saturated carbocycles. The first kappa shape index (κ1) is 44.0. The van der Waals surface area contributed by atoms with E-state index < -0.39 is 0 Å². The van der Waals surface area contributed by atoms with Crippen LogP contribution in [0.25, 0.3) is 0 Å². The van der Waals surface area contributed by atoms with Gasteiger partial charge in [-0.25, -0.2) is 0 Å². The molecule has 0 aromatic rings. The molecule has 0 atom stereocenters. The van der Waals surface area contributed by atoms with E-state index >= 15 is 0 Å². The Morgan fingerprint density at radius 2 is 0.485 bits per heavy atom. The van der Waals surface area contributed by atoms with E-state index in [2.05, 4.69) is 0 Å². The van der Waals surface area contributed by atoms with E-state index in [1.54, 1.807) is 0 Å². The van der Waals surface area contributed by atoms with Gasteiger partial charge >= 0.3 is 17.1 Å². The van der Waals surface area contributed by atoms with Crippen molar-refractivity contribution >= 4 is 134 Å². The molecule has 0 aromatic carbocycles.